The molecule has 1 N–H and O–H groups in total. The van der Waals surface area contributed by atoms with Crippen molar-refractivity contribution in [3.8, 4) is 0 Å². The SMILES string of the molecule is C[C@@H](CNC(=O)C1=NO[C@]2(CCN(S(=O)(=O)c3ccc(F)cc3)C2)C1)c1ccccc1. The van der Waals surface area contributed by atoms with E-state index in [-0.39, 0.29) is 41.9 Å². The fraction of sp³-hybridized carbons (Fsp3) is 0.364. The molecule has 4 rings (SSSR count). The van der Waals surface area contributed by atoms with Gasteiger partial charge in [-0.2, -0.15) is 4.31 Å². The van der Waals surface area contributed by atoms with E-state index in [0.717, 1.165) is 17.7 Å². The van der Waals surface area contributed by atoms with Gasteiger partial charge in [0.25, 0.3) is 5.91 Å². The maximum atomic E-state index is 13.1. The normalized spacial score (nSPS) is 22.2. The standard InChI is InChI=1S/C22H24FN3O4S/c1-16(17-5-3-2-4-6-17)14-24-21(27)20-13-22(30-25-20)11-12-26(15-22)31(28,29)19-9-7-18(23)8-10-19/h2-10,16H,11-15H2,1H3,(H,24,27)/t16-,22+/m0/s1. The lowest BCUT2D eigenvalue weighted by atomic mass is 9.96. The van der Waals surface area contributed by atoms with Gasteiger partial charge in [0.1, 0.15) is 11.5 Å². The molecule has 2 aliphatic heterocycles. The van der Waals surface area contributed by atoms with E-state index in [2.05, 4.69) is 10.5 Å². The van der Waals surface area contributed by atoms with Crippen LogP contribution in [0.2, 0.25) is 0 Å². The molecule has 0 aliphatic carbocycles. The highest BCUT2D eigenvalue weighted by atomic mass is 32.2. The van der Waals surface area contributed by atoms with E-state index in [1.54, 1.807) is 0 Å². The molecule has 1 amide bonds. The van der Waals surface area contributed by atoms with Crippen LogP contribution in [0.25, 0.3) is 0 Å². The first-order valence-electron chi connectivity index (χ1n) is 10.1. The van der Waals surface area contributed by atoms with Crippen LogP contribution < -0.4 is 5.32 Å². The van der Waals surface area contributed by atoms with Crippen LogP contribution >= 0.6 is 0 Å². The van der Waals surface area contributed by atoms with Crippen molar-refractivity contribution in [3.63, 3.8) is 0 Å². The van der Waals surface area contributed by atoms with Gasteiger partial charge in [-0.25, -0.2) is 12.8 Å². The molecule has 31 heavy (non-hydrogen) atoms. The summed E-state index contributed by atoms with van der Waals surface area (Å²) < 4.78 is 40.1. The molecule has 0 aromatic heterocycles. The van der Waals surface area contributed by atoms with E-state index in [0.29, 0.717) is 13.0 Å². The third-order valence-corrected chi connectivity index (χ3v) is 7.63. The Hall–Kier alpha value is -2.78. The molecule has 2 aromatic carbocycles. The summed E-state index contributed by atoms with van der Waals surface area (Å²) in [6.07, 6.45) is 0.669. The molecule has 1 fully saturated rings. The van der Waals surface area contributed by atoms with Crippen LogP contribution in [0.5, 0.6) is 0 Å². The van der Waals surface area contributed by atoms with Gasteiger partial charge >= 0.3 is 0 Å². The van der Waals surface area contributed by atoms with Crippen LogP contribution in [-0.2, 0) is 19.7 Å². The number of carbonyl (C=O) groups is 1. The minimum Gasteiger partial charge on any atom is -0.387 e. The molecule has 7 nitrogen and oxygen atoms in total. The van der Waals surface area contributed by atoms with Crippen molar-refractivity contribution in [1.82, 2.24) is 9.62 Å². The smallest absolute Gasteiger partial charge is 0.269 e. The van der Waals surface area contributed by atoms with Crippen LogP contribution in [0, 0.1) is 5.82 Å². The molecule has 9 heteroatoms. The number of hydrogen-bond acceptors (Lipinski definition) is 5. The van der Waals surface area contributed by atoms with Crippen molar-refractivity contribution in [3.05, 3.63) is 66.0 Å². The molecular formula is C22H24FN3O4S. The zero-order valence-electron chi connectivity index (χ0n) is 17.1. The van der Waals surface area contributed by atoms with Crippen LogP contribution in [-0.4, -0.2) is 49.6 Å². The van der Waals surface area contributed by atoms with Crippen LogP contribution in [0.1, 0.15) is 31.2 Å². The number of amides is 1. The summed E-state index contributed by atoms with van der Waals surface area (Å²) in [7, 11) is -3.77. The number of halogens is 1. The van der Waals surface area contributed by atoms with Gasteiger partial charge in [-0.05, 0) is 35.7 Å². The minimum atomic E-state index is -3.77. The lowest BCUT2D eigenvalue weighted by molar-refractivity contribution is -0.115. The quantitative estimate of drug-likeness (QED) is 0.741. The van der Waals surface area contributed by atoms with Gasteiger partial charge in [0.15, 0.2) is 5.60 Å². The Morgan fingerprint density at radius 1 is 1.23 bits per heavy atom. The first kappa shape index (κ1) is 21.5. The third kappa shape index (κ3) is 4.47. The van der Waals surface area contributed by atoms with E-state index in [1.165, 1.54) is 16.4 Å². The van der Waals surface area contributed by atoms with Gasteiger partial charge < -0.3 is 10.2 Å². The molecule has 1 spiro atoms. The van der Waals surface area contributed by atoms with Gasteiger partial charge in [-0.1, -0.05) is 42.4 Å². The first-order chi connectivity index (χ1) is 14.8. The Balaban J connectivity index is 1.34. The second kappa shape index (κ2) is 8.39. The van der Waals surface area contributed by atoms with Gasteiger partial charge in [0, 0.05) is 25.9 Å². The van der Waals surface area contributed by atoms with E-state index < -0.39 is 21.4 Å². The number of carbonyl (C=O) groups excluding carboxylic acids is 1. The average molecular weight is 446 g/mol. The van der Waals surface area contributed by atoms with Crippen molar-refractivity contribution in [2.75, 3.05) is 19.6 Å². The summed E-state index contributed by atoms with van der Waals surface area (Å²) in [5.41, 5.74) is 0.549. The zero-order valence-corrected chi connectivity index (χ0v) is 17.9. The largest absolute Gasteiger partial charge is 0.387 e. The Labute approximate surface area is 180 Å². The summed E-state index contributed by atoms with van der Waals surface area (Å²) in [6, 6.07) is 14.6. The third-order valence-electron chi connectivity index (χ3n) is 5.77. The van der Waals surface area contributed by atoms with Gasteiger partial charge in [0.05, 0.1) is 11.4 Å². The van der Waals surface area contributed by atoms with Crippen molar-refractivity contribution in [2.24, 2.45) is 5.16 Å². The summed E-state index contributed by atoms with van der Waals surface area (Å²) >= 11 is 0. The lowest BCUT2D eigenvalue weighted by Gasteiger charge is -2.21. The Bertz CT molecular complexity index is 1090. The highest BCUT2D eigenvalue weighted by Crippen LogP contribution is 2.36. The number of sulfonamides is 1. The molecule has 0 saturated carbocycles. The fourth-order valence-corrected chi connectivity index (χ4v) is 5.39. The second-order valence-corrected chi connectivity index (χ2v) is 9.99. The summed E-state index contributed by atoms with van der Waals surface area (Å²) in [4.78, 5) is 18.2. The monoisotopic (exact) mass is 445 g/mol. The predicted molar refractivity (Wildman–Crippen MR) is 114 cm³/mol. The Morgan fingerprint density at radius 2 is 1.94 bits per heavy atom. The van der Waals surface area contributed by atoms with Crippen LogP contribution in [0.4, 0.5) is 4.39 Å². The molecule has 0 bridgehead atoms. The Kier molecular flexibility index (Phi) is 5.81. The number of hydrogen-bond donors (Lipinski definition) is 1. The zero-order chi connectivity index (χ0) is 22.1. The number of nitrogens with one attached hydrogen (secondary N) is 1. The highest BCUT2D eigenvalue weighted by molar-refractivity contribution is 7.89. The maximum Gasteiger partial charge on any atom is 0.269 e. The fourth-order valence-electron chi connectivity index (χ4n) is 3.88. The predicted octanol–water partition coefficient (Wildman–Crippen LogP) is 2.66. The van der Waals surface area contributed by atoms with E-state index in [1.807, 2.05) is 37.3 Å². The molecule has 1 saturated heterocycles. The van der Waals surface area contributed by atoms with Gasteiger partial charge in [-0.15, -0.1) is 0 Å². The van der Waals surface area contributed by atoms with Crippen molar-refractivity contribution in [1.29, 1.82) is 0 Å². The molecule has 0 radical (unpaired) electrons. The number of benzene rings is 2. The molecule has 2 aliphatic rings. The van der Waals surface area contributed by atoms with E-state index >= 15 is 0 Å². The topological polar surface area (TPSA) is 88.1 Å². The number of oxime groups is 1. The summed E-state index contributed by atoms with van der Waals surface area (Å²) in [5.74, 6) is -0.661. The molecule has 2 atom stereocenters. The lowest BCUT2D eigenvalue weighted by Crippen LogP contribution is -2.39. The van der Waals surface area contributed by atoms with E-state index in [9.17, 15) is 17.6 Å². The first-order valence-corrected chi connectivity index (χ1v) is 11.6. The van der Waals surface area contributed by atoms with E-state index in [4.69, 9.17) is 4.84 Å². The van der Waals surface area contributed by atoms with Gasteiger partial charge in [-0.3, -0.25) is 4.79 Å². The maximum absolute atomic E-state index is 13.1. The minimum absolute atomic E-state index is 0.0257. The van der Waals surface area contributed by atoms with Crippen LogP contribution in [0.15, 0.2) is 64.6 Å². The highest BCUT2D eigenvalue weighted by Gasteiger charge is 2.49. The average Bonchev–Trinajstić information content (AvgIpc) is 3.40. The summed E-state index contributed by atoms with van der Waals surface area (Å²) in [6.45, 7) is 2.82. The molecule has 2 heterocycles. The molecule has 0 unspecified atom stereocenters. The number of rotatable bonds is 6. The van der Waals surface area contributed by atoms with Crippen molar-refractivity contribution in [2.45, 2.75) is 36.2 Å². The second-order valence-electron chi connectivity index (χ2n) is 8.05. The summed E-state index contributed by atoms with van der Waals surface area (Å²) in [5, 5.41) is 6.84. The van der Waals surface area contributed by atoms with Gasteiger partial charge in [0.2, 0.25) is 10.0 Å². The van der Waals surface area contributed by atoms with Crippen LogP contribution in [0.3, 0.4) is 0 Å². The van der Waals surface area contributed by atoms with Crippen molar-refractivity contribution < 1.29 is 22.4 Å². The molecular weight excluding hydrogens is 421 g/mol. The van der Waals surface area contributed by atoms with Crippen molar-refractivity contribution >= 4 is 21.6 Å². The number of nitrogens with zero attached hydrogens (tertiary/aromatic N) is 2. The molecule has 164 valence electrons. The molecule has 2 aromatic rings. The Morgan fingerprint density at radius 3 is 2.65 bits per heavy atom.